The van der Waals surface area contributed by atoms with Gasteiger partial charge in [0.15, 0.2) is 6.61 Å². The van der Waals surface area contributed by atoms with Gasteiger partial charge in [-0.05, 0) is 44.4 Å². The van der Waals surface area contributed by atoms with Crippen LogP contribution in [0.5, 0.6) is 5.75 Å². The van der Waals surface area contributed by atoms with Crippen LogP contribution in [0.25, 0.3) is 0 Å². The summed E-state index contributed by atoms with van der Waals surface area (Å²) >= 11 is 1.31. The van der Waals surface area contributed by atoms with Gasteiger partial charge in [-0.25, -0.2) is 0 Å². The van der Waals surface area contributed by atoms with Gasteiger partial charge in [0.25, 0.3) is 11.1 Å². The van der Waals surface area contributed by atoms with Crippen molar-refractivity contribution in [2.45, 2.75) is 56.6 Å². The molecule has 1 aromatic carbocycles. The molecule has 3 rings (SSSR count). The molecule has 1 atom stereocenters. The van der Waals surface area contributed by atoms with E-state index < -0.39 is 0 Å². The number of likely N-dealkylation sites (tertiary alicyclic amines) is 1. The number of nitrogens with zero attached hydrogens (tertiary/aromatic N) is 3. The Bertz CT molecular complexity index is 726. The first kappa shape index (κ1) is 18.8. The Morgan fingerprint density at radius 3 is 2.77 bits per heavy atom. The van der Waals surface area contributed by atoms with Gasteiger partial charge in [-0.1, -0.05) is 36.7 Å². The number of rotatable bonds is 6. The molecular weight excluding hydrogens is 350 g/mol. The highest BCUT2D eigenvalue weighted by atomic mass is 32.2. The Morgan fingerprint density at radius 2 is 2.04 bits per heavy atom. The minimum absolute atomic E-state index is 0.146. The monoisotopic (exact) mass is 375 g/mol. The number of benzene rings is 1. The molecule has 1 aromatic heterocycles. The van der Waals surface area contributed by atoms with Gasteiger partial charge in [-0.2, -0.15) is 0 Å². The van der Waals surface area contributed by atoms with Crippen LogP contribution in [0.2, 0.25) is 0 Å². The molecule has 140 valence electrons. The predicted molar refractivity (Wildman–Crippen MR) is 100 cm³/mol. The molecule has 1 aliphatic rings. The van der Waals surface area contributed by atoms with E-state index >= 15 is 0 Å². The van der Waals surface area contributed by atoms with Crippen molar-refractivity contribution < 1.29 is 13.9 Å². The molecular formula is C19H25N3O3S. The lowest BCUT2D eigenvalue weighted by atomic mass is 10.2. The lowest BCUT2D eigenvalue weighted by Crippen LogP contribution is -2.37. The predicted octanol–water partition coefficient (Wildman–Crippen LogP) is 3.84. The maximum absolute atomic E-state index is 12.6. The zero-order chi connectivity index (χ0) is 18.4. The molecule has 26 heavy (non-hydrogen) atoms. The third-order valence-corrected chi connectivity index (χ3v) is 5.27. The Balaban J connectivity index is 1.51. The maximum Gasteiger partial charge on any atom is 0.277 e. The SMILES string of the molecule is Cc1cccc(OCc2nnc(SC(C)C(=O)N3CCCCCC3)o2)c1. The first-order chi connectivity index (χ1) is 12.6. The number of ether oxygens (including phenoxy) is 1. The summed E-state index contributed by atoms with van der Waals surface area (Å²) in [5.74, 6) is 1.32. The smallest absolute Gasteiger partial charge is 0.277 e. The van der Waals surface area contributed by atoms with E-state index in [-0.39, 0.29) is 17.8 Å². The van der Waals surface area contributed by atoms with E-state index in [1.165, 1.54) is 24.6 Å². The van der Waals surface area contributed by atoms with Crippen molar-refractivity contribution in [2.24, 2.45) is 0 Å². The fourth-order valence-electron chi connectivity index (χ4n) is 2.94. The maximum atomic E-state index is 12.6. The lowest BCUT2D eigenvalue weighted by molar-refractivity contribution is -0.130. The zero-order valence-corrected chi connectivity index (χ0v) is 16.1. The summed E-state index contributed by atoms with van der Waals surface area (Å²) < 4.78 is 11.3. The Kier molecular flexibility index (Phi) is 6.55. The fraction of sp³-hybridized carbons (Fsp3) is 0.526. The molecule has 7 heteroatoms. The van der Waals surface area contributed by atoms with Crippen molar-refractivity contribution in [1.29, 1.82) is 0 Å². The number of carbonyl (C=O) groups excluding carboxylic acids is 1. The highest BCUT2D eigenvalue weighted by molar-refractivity contribution is 8.00. The molecule has 2 heterocycles. The summed E-state index contributed by atoms with van der Waals surface area (Å²) in [6, 6.07) is 7.79. The molecule has 0 radical (unpaired) electrons. The largest absolute Gasteiger partial charge is 0.484 e. The van der Waals surface area contributed by atoms with Gasteiger partial charge in [0, 0.05) is 13.1 Å². The van der Waals surface area contributed by atoms with Gasteiger partial charge in [0.05, 0.1) is 5.25 Å². The lowest BCUT2D eigenvalue weighted by Gasteiger charge is -2.23. The summed E-state index contributed by atoms with van der Waals surface area (Å²) in [7, 11) is 0. The van der Waals surface area contributed by atoms with Crippen LogP contribution in [0, 0.1) is 6.92 Å². The van der Waals surface area contributed by atoms with E-state index in [1.54, 1.807) is 0 Å². The third-order valence-electron chi connectivity index (χ3n) is 4.34. The highest BCUT2D eigenvalue weighted by Crippen LogP contribution is 2.25. The van der Waals surface area contributed by atoms with Gasteiger partial charge >= 0.3 is 0 Å². The summed E-state index contributed by atoms with van der Waals surface area (Å²) in [6.07, 6.45) is 4.59. The quantitative estimate of drug-likeness (QED) is 0.715. The Hall–Kier alpha value is -2.02. The molecule has 1 aliphatic heterocycles. The second-order valence-electron chi connectivity index (χ2n) is 6.57. The summed E-state index contributed by atoms with van der Waals surface area (Å²) in [6.45, 7) is 5.82. The first-order valence-electron chi connectivity index (χ1n) is 9.09. The highest BCUT2D eigenvalue weighted by Gasteiger charge is 2.24. The minimum atomic E-state index is -0.237. The van der Waals surface area contributed by atoms with Crippen molar-refractivity contribution in [3.63, 3.8) is 0 Å². The second kappa shape index (κ2) is 9.07. The fourth-order valence-corrected chi connectivity index (χ4v) is 3.73. The normalized spacial score (nSPS) is 16.2. The minimum Gasteiger partial charge on any atom is -0.484 e. The van der Waals surface area contributed by atoms with Crippen LogP contribution in [0.4, 0.5) is 0 Å². The van der Waals surface area contributed by atoms with Gasteiger partial charge in [0.1, 0.15) is 5.75 Å². The van der Waals surface area contributed by atoms with Crippen LogP contribution in [-0.4, -0.2) is 39.3 Å². The first-order valence-corrected chi connectivity index (χ1v) is 9.97. The number of aromatic nitrogens is 2. The van der Waals surface area contributed by atoms with Crippen LogP contribution >= 0.6 is 11.8 Å². The number of hydrogen-bond donors (Lipinski definition) is 0. The van der Waals surface area contributed by atoms with Crippen LogP contribution in [0.3, 0.4) is 0 Å². The zero-order valence-electron chi connectivity index (χ0n) is 15.3. The number of carbonyl (C=O) groups is 1. The molecule has 0 aliphatic carbocycles. The molecule has 6 nitrogen and oxygen atoms in total. The molecule has 0 N–H and O–H groups in total. The Labute approximate surface area is 158 Å². The van der Waals surface area contributed by atoms with Crippen molar-refractivity contribution >= 4 is 17.7 Å². The van der Waals surface area contributed by atoms with Crippen molar-refractivity contribution in [3.05, 3.63) is 35.7 Å². The Morgan fingerprint density at radius 1 is 1.27 bits per heavy atom. The average Bonchev–Trinajstić information content (AvgIpc) is 2.90. The summed E-state index contributed by atoms with van der Waals surface area (Å²) in [5, 5.41) is 8.20. The number of aryl methyl sites for hydroxylation is 1. The van der Waals surface area contributed by atoms with Crippen molar-refractivity contribution in [3.8, 4) is 5.75 Å². The molecule has 0 spiro atoms. The van der Waals surface area contributed by atoms with Crippen molar-refractivity contribution in [1.82, 2.24) is 15.1 Å². The van der Waals surface area contributed by atoms with E-state index in [4.69, 9.17) is 9.15 Å². The van der Waals surface area contributed by atoms with Crippen LogP contribution in [-0.2, 0) is 11.4 Å². The van der Waals surface area contributed by atoms with Crippen LogP contribution < -0.4 is 4.74 Å². The molecule has 1 saturated heterocycles. The molecule has 0 saturated carbocycles. The summed E-state index contributed by atoms with van der Waals surface area (Å²) in [4.78, 5) is 14.6. The molecule has 2 aromatic rings. The van der Waals surface area contributed by atoms with Gasteiger partial charge in [-0.3, -0.25) is 4.79 Å². The van der Waals surface area contributed by atoms with Crippen LogP contribution in [0.15, 0.2) is 33.9 Å². The van der Waals surface area contributed by atoms with E-state index in [9.17, 15) is 4.79 Å². The van der Waals surface area contributed by atoms with E-state index in [0.717, 1.165) is 37.2 Å². The third kappa shape index (κ3) is 5.24. The van der Waals surface area contributed by atoms with Gasteiger partial charge in [-0.15, -0.1) is 10.2 Å². The van der Waals surface area contributed by atoms with E-state index in [1.807, 2.05) is 43.0 Å². The van der Waals surface area contributed by atoms with Gasteiger partial charge in [0.2, 0.25) is 5.91 Å². The molecule has 1 unspecified atom stereocenters. The molecule has 1 amide bonds. The molecule has 1 fully saturated rings. The average molecular weight is 375 g/mol. The standard InChI is InChI=1S/C19H25N3O3S/c1-14-8-7-9-16(12-14)24-13-17-20-21-19(25-17)26-15(2)18(23)22-10-5-3-4-6-11-22/h7-9,12,15H,3-6,10-11,13H2,1-2H3. The second-order valence-corrected chi connectivity index (χ2v) is 7.86. The topological polar surface area (TPSA) is 68.5 Å². The van der Waals surface area contributed by atoms with Crippen molar-refractivity contribution in [2.75, 3.05) is 13.1 Å². The number of hydrogen-bond acceptors (Lipinski definition) is 6. The number of thioether (sulfide) groups is 1. The van der Waals surface area contributed by atoms with Crippen LogP contribution in [0.1, 0.15) is 44.1 Å². The number of amides is 1. The van der Waals surface area contributed by atoms with E-state index in [0.29, 0.717) is 11.1 Å². The van der Waals surface area contributed by atoms with E-state index in [2.05, 4.69) is 10.2 Å². The molecule has 0 bridgehead atoms. The summed E-state index contributed by atoms with van der Waals surface area (Å²) in [5.41, 5.74) is 1.13. The van der Waals surface area contributed by atoms with Gasteiger partial charge < -0.3 is 14.1 Å².